The van der Waals surface area contributed by atoms with Crippen LogP contribution in [0.25, 0.3) is 0 Å². The molecule has 1 fully saturated rings. The molecular formula is C10H19NO3. The molecule has 0 saturated carbocycles. The molecule has 0 bridgehead atoms. The maximum Gasteiger partial charge on any atom is 0.323 e. The first-order valence-electron chi connectivity index (χ1n) is 5.06. The van der Waals surface area contributed by atoms with Gasteiger partial charge < -0.3 is 9.47 Å². The van der Waals surface area contributed by atoms with E-state index in [9.17, 15) is 4.79 Å². The van der Waals surface area contributed by atoms with E-state index >= 15 is 0 Å². The number of morpholine rings is 1. The van der Waals surface area contributed by atoms with Crippen molar-refractivity contribution in [3.63, 3.8) is 0 Å². The van der Waals surface area contributed by atoms with Crippen LogP contribution in [0.5, 0.6) is 0 Å². The van der Waals surface area contributed by atoms with Crippen molar-refractivity contribution < 1.29 is 14.3 Å². The van der Waals surface area contributed by atoms with Crippen molar-refractivity contribution in [1.29, 1.82) is 0 Å². The van der Waals surface area contributed by atoms with Crippen LogP contribution >= 0.6 is 0 Å². The van der Waals surface area contributed by atoms with Gasteiger partial charge >= 0.3 is 5.97 Å². The molecule has 1 rings (SSSR count). The highest BCUT2D eigenvalue weighted by molar-refractivity contribution is 5.75. The van der Waals surface area contributed by atoms with Gasteiger partial charge in [-0.25, -0.2) is 0 Å². The van der Waals surface area contributed by atoms with Crippen LogP contribution in [-0.2, 0) is 14.3 Å². The lowest BCUT2D eigenvalue weighted by Gasteiger charge is -2.34. The molecular weight excluding hydrogens is 182 g/mol. The fourth-order valence-corrected chi connectivity index (χ4v) is 1.82. The van der Waals surface area contributed by atoms with E-state index in [0.29, 0.717) is 13.2 Å². The predicted octanol–water partition coefficient (Wildman–Crippen LogP) is 0.516. The number of methoxy groups -OCH3 is 1. The third-order valence-electron chi connectivity index (χ3n) is 2.51. The van der Waals surface area contributed by atoms with Crippen molar-refractivity contribution in [3.05, 3.63) is 0 Å². The topological polar surface area (TPSA) is 38.8 Å². The number of rotatable bonds is 3. The van der Waals surface area contributed by atoms with Crippen LogP contribution in [0.4, 0.5) is 0 Å². The van der Waals surface area contributed by atoms with Crippen molar-refractivity contribution in [3.8, 4) is 0 Å². The van der Waals surface area contributed by atoms with E-state index in [1.165, 1.54) is 7.11 Å². The smallest absolute Gasteiger partial charge is 0.323 e. The van der Waals surface area contributed by atoms with Crippen molar-refractivity contribution in [2.45, 2.75) is 19.9 Å². The summed E-state index contributed by atoms with van der Waals surface area (Å²) in [5.41, 5.74) is 0. The first-order valence-corrected chi connectivity index (χ1v) is 5.06. The number of carbonyl (C=O) groups is 1. The van der Waals surface area contributed by atoms with E-state index in [0.717, 1.165) is 13.1 Å². The normalized spacial score (nSPS) is 20.9. The van der Waals surface area contributed by atoms with Gasteiger partial charge in [0.05, 0.1) is 20.3 Å². The fraction of sp³-hybridized carbons (Fsp3) is 0.900. The summed E-state index contributed by atoms with van der Waals surface area (Å²) in [5, 5.41) is 0. The first-order chi connectivity index (χ1) is 6.66. The Balaban J connectivity index is 2.60. The summed E-state index contributed by atoms with van der Waals surface area (Å²) in [5.74, 6) is 0.141. The second-order valence-corrected chi connectivity index (χ2v) is 3.86. The molecule has 0 aromatic heterocycles. The van der Waals surface area contributed by atoms with Gasteiger partial charge in [-0.3, -0.25) is 9.69 Å². The van der Waals surface area contributed by atoms with Crippen molar-refractivity contribution >= 4 is 5.97 Å². The molecule has 0 aromatic rings. The van der Waals surface area contributed by atoms with Gasteiger partial charge in [0.2, 0.25) is 0 Å². The largest absolute Gasteiger partial charge is 0.468 e. The molecule has 82 valence electrons. The van der Waals surface area contributed by atoms with E-state index in [-0.39, 0.29) is 17.9 Å². The van der Waals surface area contributed by atoms with Gasteiger partial charge in [-0.2, -0.15) is 0 Å². The van der Waals surface area contributed by atoms with Crippen molar-refractivity contribution in [2.75, 3.05) is 33.4 Å². The molecule has 1 saturated heterocycles. The minimum Gasteiger partial charge on any atom is -0.468 e. The minimum atomic E-state index is -0.137. The summed E-state index contributed by atoms with van der Waals surface area (Å²) in [6, 6.07) is -0.121. The zero-order chi connectivity index (χ0) is 10.6. The molecule has 1 aliphatic rings. The van der Waals surface area contributed by atoms with E-state index in [1.54, 1.807) is 0 Å². The highest BCUT2D eigenvalue weighted by Crippen LogP contribution is 2.14. The Labute approximate surface area is 85.2 Å². The summed E-state index contributed by atoms with van der Waals surface area (Å²) >= 11 is 0. The third-order valence-corrected chi connectivity index (χ3v) is 2.51. The maximum absolute atomic E-state index is 11.5. The minimum absolute atomic E-state index is 0.121. The maximum atomic E-state index is 11.5. The molecule has 4 nitrogen and oxygen atoms in total. The highest BCUT2D eigenvalue weighted by Gasteiger charge is 2.30. The van der Waals surface area contributed by atoms with Gasteiger partial charge in [0.15, 0.2) is 0 Å². The number of ether oxygens (including phenoxy) is 2. The van der Waals surface area contributed by atoms with Gasteiger partial charge in [0.25, 0.3) is 0 Å². The van der Waals surface area contributed by atoms with Gasteiger partial charge in [-0.15, -0.1) is 0 Å². The standard InChI is InChI=1S/C10H19NO3/c1-8(2)9(10(12)13-3)11-4-6-14-7-5-11/h8-9H,4-7H2,1-3H3/t9-/m1/s1. The highest BCUT2D eigenvalue weighted by atomic mass is 16.5. The molecule has 4 heteroatoms. The number of esters is 1. The van der Waals surface area contributed by atoms with Gasteiger partial charge in [0.1, 0.15) is 6.04 Å². The number of hydrogen-bond acceptors (Lipinski definition) is 4. The van der Waals surface area contributed by atoms with Crippen LogP contribution in [0, 0.1) is 5.92 Å². The molecule has 0 N–H and O–H groups in total. The molecule has 14 heavy (non-hydrogen) atoms. The monoisotopic (exact) mass is 201 g/mol. The van der Waals surface area contributed by atoms with E-state index in [2.05, 4.69) is 4.90 Å². The van der Waals surface area contributed by atoms with E-state index < -0.39 is 0 Å². The lowest BCUT2D eigenvalue weighted by Crippen LogP contribution is -2.50. The van der Waals surface area contributed by atoms with Crippen molar-refractivity contribution in [2.24, 2.45) is 5.92 Å². The zero-order valence-electron chi connectivity index (χ0n) is 9.16. The molecule has 0 radical (unpaired) electrons. The van der Waals surface area contributed by atoms with Crippen LogP contribution < -0.4 is 0 Å². The summed E-state index contributed by atoms with van der Waals surface area (Å²) in [4.78, 5) is 13.7. The molecule has 0 unspecified atom stereocenters. The molecule has 1 aliphatic heterocycles. The zero-order valence-corrected chi connectivity index (χ0v) is 9.16. The Hall–Kier alpha value is -0.610. The van der Waals surface area contributed by atoms with Crippen LogP contribution in [0.1, 0.15) is 13.8 Å². The number of carbonyl (C=O) groups excluding carboxylic acids is 1. The summed E-state index contributed by atoms with van der Waals surface area (Å²) in [6.45, 7) is 7.13. The summed E-state index contributed by atoms with van der Waals surface area (Å²) in [6.07, 6.45) is 0. The van der Waals surface area contributed by atoms with Crippen LogP contribution in [0.3, 0.4) is 0 Å². The van der Waals surface area contributed by atoms with Crippen LogP contribution in [0.15, 0.2) is 0 Å². The molecule has 0 aromatic carbocycles. The number of hydrogen-bond donors (Lipinski definition) is 0. The summed E-state index contributed by atoms with van der Waals surface area (Å²) in [7, 11) is 1.44. The second-order valence-electron chi connectivity index (χ2n) is 3.86. The molecule has 0 amide bonds. The van der Waals surface area contributed by atoms with E-state index in [1.807, 2.05) is 13.8 Å². The molecule has 1 atom stereocenters. The Morgan fingerprint density at radius 3 is 2.36 bits per heavy atom. The lowest BCUT2D eigenvalue weighted by atomic mass is 10.0. The first kappa shape index (κ1) is 11.5. The average molecular weight is 201 g/mol. The Bertz CT molecular complexity index is 188. The molecule has 1 heterocycles. The van der Waals surface area contributed by atoms with Gasteiger partial charge in [0, 0.05) is 13.1 Å². The third kappa shape index (κ3) is 2.69. The average Bonchev–Trinajstić information content (AvgIpc) is 2.19. The van der Waals surface area contributed by atoms with Gasteiger partial charge in [-0.1, -0.05) is 13.8 Å². The lowest BCUT2D eigenvalue weighted by molar-refractivity contribution is -0.150. The van der Waals surface area contributed by atoms with E-state index in [4.69, 9.17) is 9.47 Å². The Kier molecular flexibility index (Phi) is 4.35. The van der Waals surface area contributed by atoms with Crippen LogP contribution in [-0.4, -0.2) is 50.3 Å². The molecule has 0 aliphatic carbocycles. The Morgan fingerprint density at radius 2 is 1.93 bits per heavy atom. The predicted molar refractivity (Wildman–Crippen MR) is 53.0 cm³/mol. The van der Waals surface area contributed by atoms with Gasteiger partial charge in [-0.05, 0) is 5.92 Å². The SMILES string of the molecule is COC(=O)[C@@H](C(C)C)N1CCOCC1. The van der Waals surface area contributed by atoms with Crippen LogP contribution in [0.2, 0.25) is 0 Å². The van der Waals surface area contributed by atoms with Crippen molar-refractivity contribution in [1.82, 2.24) is 4.90 Å². The summed E-state index contributed by atoms with van der Waals surface area (Å²) < 4.78 is 10.1. The Morgan fingerprint density at radius 1 is 1.36 bits per heavy atom. The second kappa shape index (κ2) is 5.32. The fourth-order valence-electron chi connectivity index (χ4n) is 1.82. The quantitative estimate of drug-likeness (QED) is 0.624. The number of nitrogens with zero attached hydrogens (tertiary/aromatic N) is 1. The molecule has 0 spiro atoms.